The summed E-state index contributed by atoms with van der Waals surface area (Å²) in [6, 6.07) is 56.4. The number of allylic oxidation sites excluding steroid dienone is 2. The minimum absolute atomic E-state index is 0.0112. The van der Waals surface area contributed by atoms with Crippen LogP contribution >= 0.6 is 25.6 Å². The quantitative estimate of drug-likeness (QED) is 0.0136. The fourth-order valence-electron chi connectivity index (χ4n) is 16.3. The van der Waals surface area contributed by atoms with Gasteiger partial charge in [-0.15, -0.1) is 0 Å². The molecule has 0 saturated carbocycles. The van der Waals surface area contributed by atoms with E-state index in [9.17, 15) is 59.6 Å². The van der Waals surface area contributed by atoms with Crippen LogP contribution in [0.5, 0.6) is 0 Å². The second-order valence-electron chi connectivity index (χ2n) is 28.6. The Morgan fingerprint density at radius 3 is 0.934 bits per heavy atom. The first-order valence-electron chi connectivity index (χ1n) is 38.3. The topological polar surface area (TPSA) is 448 Å². The summed E-state index contributed by atoms with van der Waals surface area (Å²) >= 11 is 6.38. The van der Waals surface area contributed by atoms with Crippen LogP contribution in [0.15, 0.2) is 268 Å². The van der Waals surface area contributed by atoms with E-state index in [1.165, 1.54) is 48.5 Å². The number of nitrogens with zero attached hydrogens (tertiary/aromatic N) is 10. The van der Waals surface area contributed by atoms with Gasteiger partial charge in [-0.3, -0.25) is 60.4 Å². The van der Waals surface area contributed by atoms with Crippen LogP contribution in [0.25, 0.3) is 0 Å². The molecule has 0 spiro atoms. The summed E-state index contributed by atoms with van der Waals surface area (Å²) in [5.41, 5.74) is 14.1. The van der Waals surface area contributed by atoms with E-state index < -0.39 is 67.2 Å². The van der Waals surface area contributed by atoms with Crippen molar-refractivity contribution in [2.75, 3.05) is 47.7 Å². The van der Waals surface area contributed by atoms with Crippen molar-refractivity contribution < 1.29 is 57.8 Å². The first-order chi connectivity index (χ1) is 59.0. The Kier molecular flexibility index (Phi) is 27.1. The van der Waals surface area contributed by atoms with Crippen LogP contribution in [0.2, 0.25) is 0 Å². The Hall–Kier alpha value is -14.3. The number of cyclic esters (lactones) is 2. The average Bonchev–Trinajstić information content (AvgIpc) is 1.49. The molecular formula is C84H78B2N18O16S2. The number of nitrogens with one attached hydrogen (secondary N) is 8. The van der Waals surface area contributed by atoms with Gasteiger partial charge in [-0.1, -0.05) is 97.1 Å². The van der Waals surface area contributed by atoms with E-state index in [4.69, 9.17) is 18.9 Å². The number of nitro groups is 4. The standard InChI is InChI=1S/2C22H22N4O4.2C20H16N4O4.2BHNS/c2*1-3-30-22(27)19-13(2)24-21-16(12-23-17-9-4-5-10-18(17)25-21)20(19)14-7-6-8-15(11-14)26(28)29;2*25-20-18-16(10-28-20)23-19-13(9-21-14-6-1-2-7-15(14)22-19)17(18)11-4-3-5-12(8-11)24(26)27;2*1-2-3/h2*4-12,16,20-21,24-25H,3H2,1-2H3;2*1-9,13,17,19,22-23H,10H2;2*3H/t2*16?,20-,21?;2*13?,17-,19?;;/m1010../s1. The molecule has 8 aromatic rings. The molecule has 0 bridgehead atoms. The molecule has 0 amide bonds. The molecule has 34 nitrogen and oxygen atoms in total. The number of esters is 4. The number of rotatable bonds is 12. The van der Waals surface area contributed by atoms with Crippen LogP contribution in [-0.4, -0.2) is 135 Å². The molecule has 38 heteroatoms. The fraction of sp³-hybridized carbons (Fsp3) is 0.238. The third-order valence-corrected chi connectivity index (χ3v) is 21.5. The molecule has 0 saturated heterocycles. The molecule has 8 unspecified atom stereocenters. The number of thiol groups is 2. The van der Waals surface area contributed by atoms with Gasteiger partial charge in [-0.25, -0.2) is 19.2 Å². The molecule has 2 radical (unpaired) electrons. The van der Waals surface area contributed by atoms with Crippen molar-refractivity contribution in [3.8, 4) is 0 Å². The van der Waals surface area contributed by atoms with Crippen LogP contribution < -0.4 is 42.5 Å². The van der Waals surface area contributed by atoms with E-state index in [-0.39, 0.29) is 97.5 Å². The molecular weight excluding hydrogens is 1600 g/mol. The van der Waals surface area contributed by atoms with Crippen molar-refractivity contribution in [2.24, 2.45) is 52.2 Å². The minimum atomic E-state index is -0.458. The summed E-state index contributed by atoms with van der Waals surface area (Å²) in [6.07, 6.45) is 6.29. The number of hydrogen-bond donors (Lipinski definition) is 10. The molecule has 10 aliphatic rings. The summed E-state index contributed by atoms with van der Waals surface area (Å²) in [5.74, 6) is -4.41. The number of nitro benzene ring substituents is 4. The van der Waals surface area contributed by atoms with Gasteiger partial charge in [-0.2, -0.15) is 0 Å². The zero-order valence-electron chi connectivity index (χ0n) is 65.6. The first-order valence-corrected chi connectivity index (χ1v) is 39.1. The number of anilines is 4. The van der Waals surface area contributed by atoms with Crippen LogP contribution in [-0.2, 0) is 38.1 Å². The van der Waals surface area contributed by atoms with Crippen molar-refractivity contribution in [2.45, 2.75) is 76.0 Å². The predicted octanol–water partition coefficient (Wildman–Crippen LogP) is 13.9. The number of aliphatic imine (C=N–C) groups is 4. The Labute approximate surface area is 711 Å². The molecule has 0 aromatic heterocycles. The summed E-state index contributed by atoms with van der Waals surface area (Å²) < 4.78 is 26.5. The second kappa shape index (κ2) is 38.6. The van der Waals surface area contributed by atoms with Gasteiger partial charge >= 0.3 is 73.4 Å². The Morgan fingerprint density at radius 1 is 0.410 bits per heavy atom. The maximum absolute atomic E-state index is 12.9. The van der Waals surface area contributed by atoms with Crippen LogP contribution in [0, 0.1) is 64.1 Å². The summed E-state index contributed by atoms with van der Waals surface area (Å²) in [5, 5.41) is 72.5. The summed E-state index contributed by atoms with van der Waals surface area (Å²) in [4.78, 5) is 113. The molecule has 122 heavy (non-hydrogen) atoms. The molecule has 18 rings (SSSR count). The summed E-state index contributed by atoms with van der Waals surface area (Å²) in [6.45, 7) is 7.96. The number of carbonyl (C=O) groups excluding carboxylic acids is 4. The SMILES string of the molecule is CCOC(=O)C1=C(C)NC2Nc3ccccc3N=CC2[C@@H]1c1cccc([N+](=O)[O-])c1.CCOC(=O)C1=C(C)NC2Nc3ccccc3N=CC2[C@H]1c1cccc([N+](=O)[O-])c1.O=C1OCC2=C1[C@@H](c1cccc([N+](=O)[O-])c1)C1C=Nc3ccccc3NC1N2.O=C1OCC2=C1[C@H](c1cccc([N+](=O)[O-])c1)C1C=Nc3ccccc3NC1N2.[B]=NS.[B]=NS. The fourth-order valence-corrected chi connectivity index (χ4v) is 16.3. The third-order valence-electron chi connectivity index (χ3n) is 21.5. The van der Waals surface area contributed by atoms with E-state index in [0.29, 0.717) is 67.3 Å². The van der Waals surface area contributed by atoms with E-state index in [2.05, 4.69) is 112 Å². The van der Waals surface area contributed by atoms with Crippen molar-refractivity contribution in [1.29, 1.82) is 0 Å². The van der Waals surface area contributed by atoms with E-state index in [1.54, 1.807) is 50.2 Å². The van der Waals surface area contributed by atoms with Gasteiger partial charge in [-0.05, 0) is 98.5 Å². The number of non-ortho nitro benzene ring substituents is 4. The number of benzene rings is 8. The second-order valence-corrected chi connectivity index (χ2v) is 29.0. The van der Waals surface area contributed by atoms with E-state index in [1.807, 2.05) is 148 Å². The van der Waals surface area contributed by atoms with Crippen LogP contribution in [0.3, 0.4) is 0 Å². The van der Waals surface area contributed by atoms with Gasteiger partial charge in [0.15, 0.2) is 0 Å². The number of fused-ring (bicyclic) bond motifs is 8. The first kappa shape index (κ1) is 85.6. The molecule has 10 aliphatic heterocycles. The van der Waals surface area contributed by atoms with E-state index in [0.717, 1.165) is 45.5 Å². The zero-order valence-corrected chi connectivity index (χ0v) is 67.4. The maximum atomic E-state index is 12.9. The van der Waals surface area contributed by atoms with Gasteiger partial charge < -0.3 is 61.5 Å². The van der Waals surface area contributed by atoms with Gasteiger partial charge in [0.25, 0.3) is 22.7 Å². The number of para-hydroxylation sites is 8. The van der Waals surface area contributed by atoms with E-state index >= 15 is 0 Å². The molecule has 0 aliphatic carbocycles. The summed E-state index contributed by atoms with van der Waals surface area (Å²) in [7, 11) is 8.67. The average molecular weight is 1680 g/mol. The monoisotopic (exact) mass is 1680 g/mol. The molecule has 0 fully saturated rings. The molecule has 618 valence electrons. The van der Waals surface area contributed by atoms with Gasteiger partial charge in [0.2, 0.25) is 0 Å². The number of carbonyl (C=O) groups is 4. The number of hydrogen-bond acceptors (Lipinski definition) is 32. The molecule has 8 aromatic carbocycles. The Balaban J connectivity index is 0.000000137. The normalized spacial score (nSPS) is 22.5. The molecule has 10 heterocycles. The third kappa shape index (κ3) is 18.6. The van der Waals surface area contributed by atoms with Gasteiger partial charge in [0.1, 0.15) is 37.9 Å². The Bertz CT molecular complexity index is 5410. The van der Waals surface area contributed by atoms with Crippen LogP contribution in [0.4, 0.5) is 68.2 Å². The van der Waals surface area contributed by atoms with Gasteiger partial charge in [0, 0.05) is 132 Å². The molecule has 12 atom stereocenters. The van der Waals surface area contributed by atoms with Crippen LogP contribution in [0.1, 0.15) is 73.6 Å². The van der Waals surface area contributed by atoms with Gasteiger partial charge in [0.05, 0.1) is 112 Å². The zero-order chi connectivity index (χ0) is 86.4. The van der Waals surface area contributed by atoms with Crippen molar-refractivity contribution in [3.05, 3.63) is 302 Å². The number of ether oxygens (including phenoxy) is 4. The Morgan fingerprint density at radius 2 is 0.664 bits per heavy atom. The van der Waals surface area contributed by atoms with Crippen molar-refractivity contribution in [1.82, 2.24) is 21.3 Å². The molecule has 8 N–H and O–H groups in total. The van der Waals surface area contributed by atoms with Crippen molar-refractivity contribution in [3.63, 3.8) is 0 Å². The van der Waals surface area contributed by atoms with Crippen molar-refractivity contribution >= 4 is 158 Å². The predicted molar refractivity (Wildman–Crippen MR) is 467 cm³/mol.